The second kappa shape index (κ2) is 11.6. The molecule has 1 atom stereocenters. The number of aliphatic hydroxyl groups excluding tert-OH is 2. The van der Waals surface area contributed by atoms with Gasteiger partial charge in [-0.1, -0.05) is 30.3 Å². The SMILES string of the molecule is Cc1nc(N2CCC(C)(C(C)NC(=O)OC(C)(C)C)CC2)c(CO)nc1Sc1ccnc(N2CC(O)C2)c1Cl. The fourth-order valence-corrected chi connectivity index (χ4v) is 5.96. The van der Waals surface area contributed by atoms with E-state index in [1.165, 1.54) is 11.8 Å². The lowest BCUT2D eigenvalue weighted by Crippen LogP contribution is -2.51. The minimum atomic E-state index is -0.543. The van der Waals surface area contributed by atoms with E-state index in [1.54, 1.807) is 6.20 Å². The van der Waals surface area contributed by atoms with E-state index in [-0.39, 0.29) is 24.2 Å². The third-order valence-electron chi connectivity index (χ3n) is 7.42. The Kier molecular flexibility index (Phi) is 8.85. The zero-order valence-electron chi connectivity index (χ0n) is 23.5. The van der Waals surface area contributed by atoms with Crippen molar-refractivity contribution in [2.24, 2.45) is 5.41 Å². The maximum absolute atomic E-state index is 12.3. The summed E-state index contributed by atoms with van der Waals surface area (Å²) in [5.41, 5.74) is 0.615. The molecular formula is C27H39ClN6O4S. The number of nitrogens with one attached hydrogen (secondary N) is 1. The molecule has 10 nitrogen and oxygen atoms in total. The zero-order valence-corrected chi connectivity index (χ0v) is 25.1. The highest BCUT2D eigenvalue weighted by atomic mass is 35.5. The number of carbonyl (C=O) groups is 1. The van der Waals surface area contributed by atoms with Crippen LogP contribution in [0, 0.1) is 12.3 Å². The van der Waals surface area contributed by atoms with Gasteiger partial charge in [0.25, 0.3) is 0 Å². The number of ether oxygens (including phenoxy) is 1. The van der Waals surface area contributed by atoms with E-state index in [1.807, 2.05) is 45.6 Å². The number of aliphatic hydroxyl groups is 2. The van der Waals surface area contributed by atoms with Crippen LogP contribution in [0.5, 0.6) is 0 Å². The Bertz CT molecular complexity index is 1200. The van der Waals surface area contributed by atoms with Crippen LogP contribution in [0.4, 0.5) is 16.4 Å². The number of piperidine rings is 1. The minimum absolute atomic E-state index is 0.0621. The van der Waals surface area contributed by atoms with Gasteiger partial charge in [-0.2, -0.15) is 0 Å². The van der Waals surface area contributed by atoms with E-state index in [2.05, 4.69) is 22.1 Å². The zero-order chi connectivity index (χ0) is 28.5. The number of β-amino-alcohol motifs (C(OH)–C–C–N with tert-alkyl or cyclic N) is 1. The molecule has 2 aromatic rings. The molecule has 2 fully saturated rings. The van der Waals surface area contributed by atoms with E-state index in [4.69, 9.17) is 26.3 Å². The lowest BCUT2D eigenvalue weighted by Gasteiger charge is -2.44. The molecule has 0 saturated carbocycles. The summed E-state index contributed by atoms with van der Waals surface area (Å²) in [6, 6.07) is 1.77. The highest BCUT2D eigenvalue weighted by Crippen LogP contribution is 2.40. The minimum Gasteiger partial charge on any atom is -0.444 e. The van der Waals surface area contributed by atoms with Crippen LogP contribution in [0.3, 0.4) is 0 Å². The van der Waals surface area contributed by atoms with Crippen molar-refractivity contribution in [2.45, 2.75) is 88.7 Å². The molecule has 4 heterocycles. The Hall–Kier alpha value is -2.34. The number of carbonyl (C=O) groups excluding carboxylic acids is 1. The number of halogens is 1. The van der Waals surface area contributed by atoms with Gasteiger partial charge in [-0.3, -0.25) is 0 Å². The summed E-state index contributed by atoms with van der Waals surface area (Å²) in [5, 5.41) is 24.0. The van der Waals surface area contributed by atoms with E-state index < -0.39 is 11.7 Å². The van der Waals surface area contributed by atoms with Gasteiger partial charge in [0, 0.05) is 43.3 Å². The molecule has 0 bridgehead atoms. The van der Waals surface area contributed by atoms with E-state index >= 15 is 0 Å². The Balaban J connectivity index is 1.45. The molecule has 4 rings (SSSR count). The highest BCUT2D eigenvalue weighted by molar-refractivity contribution is 7.99. The molecule has 2 aliphatic rings. The van der Waals surface area contributed by atoms with Crippen LogP contribution in [0.2, 0.25) is 5.02 Å². The van der Waals surface area contributed by atoms with Crippen molar-refractivity contribution >= 4 is 41.1 Å². The first-order valence-electron chi connectivity index (χ1n) is 13.3. The molecular weight excluding hydrogens is 540 g/mol. The molecule has 12 heteroatoms. The summed E-state index contributed by atoms with van der Waals surface area (Å²) < 4.78 is 5.44. The summed E-state index contributed by atoms with van der Waals surface area (Å²) >= 11 is 8.05. The van der Waals surface area contributed by atoms with E-state index in [0.717, 1.165) is 36.5 Å². The van der Waals surface area contributed by atoms with Gasteiger partial charge in [0.2, 0.25) is 0 Å². The van der Waals surface area contributed by atoms with E-state index in [9.17, 15) is 15.0 Å². The molecule has 0 spiro atoms. The maximum atomic E-state index is 12.3. The molecule has 0 aromatic carbocycles. The van der Waals surface area contributed by atoms with Crippen LogP contribution in [-0.2, 0) is 11.3 Å². The molecule has 2 aliphatic heterocycles. The van der Waals surface area contributed by atoms with Gasteiger partial charge >= 0.3 is 6.09 Å². The molecule has 214 valence electrons. The number of amides is 1. The fraction of sp³-hybridized carbons (Fsp3) is 0.630. The number of rotatable bonds is 7. The van der Waals surface area contributed by atoms with Gasteiger partial charge in [-0.05, 0) is 58.9 Å². The monoisotopic (exact) mass is 578 g/mol. The molecule has 2 saturated heterocycles. The Labute approximate surface area is 239 Å². The quantitative estimate of drug-likeness (QED) is 0.441. The largest absolute Gasteiger partial charge is 0.444 e. The van der Waals surface area contributed by atoms with E-state index in [0.29, 0.717) is 40.5 Å². The Morgan fingerprint density at radius 2 is 1.92 bits per heavy atom. The number of aromatic nitrogens is 3. The third kappa shape index (κ3) is 6.87. The number of aryl methyl sites for hydroxylation is 1. The average molecular weight is 579 g/mol. The standard InChI is InChI=1S/C27H39ClN6O4S/c1-16-24(39-20-7-10-29-23(21(20)28)34-13-18(36)14-34)32-19(15-35)22(30-16)33-11-8-27(6,9-12-33)17(2)31-25(37)38-26(3,4)5/h7,10,17-18,35-36H,8-9,11-15H2,1-6H3,(H,31,37). The number of hydrogen-bond donors (Lipinski definition) is 3. The predicted molar refractivity (Wildman–Crippen MR) is 153 cm³/mol. The van der Waals surface area contributed by atoms with Gasteiger partial charge in [0.1, 0.15) is 22.1 Å². The first-order valence-corrected chi connectivity index (χ1v) is 14.5. The van der Waals surface area contributed by atoms with Crippen LogP contribution in [-0.4, -0.2) is 75.2 Å². The summed E-state index contributed by atoms with van der Waals surface area (Å²) in [7, 11) is 0. The molecule has 1 unspecified atom stereocenters. The summed E-state index contributed by atoms with van der Waals surface area (Å²) in [4.78, 5) is 31.2. The molecule has 1 amide bonds. The fourth-order valence-electron chi connectivity index (χ4n) is 4.75. The number of pyridine rings is 1. The van der Waals surface area contributed by atoms with Gasteiger partial charge < -0.3 is 30.1 Å². The second-order valence-electron chi connectivity index (χ2n) is 11.7. The first-order chi connectivity index (χ1) is 18.3. The first kappa shape index (κ1) is 29.6. The van der Waals surface area contributed by atoms with Gasteiger partial charge in [-0.25, -0.2) is 19.7 Å². The molecule has 2 aromatic heterocycles. The Morgan fingerprint density at radius 1 is 1.26 bits per heavy atom. The normalized spacial score (nSPS) is 18.5. The molecule has 39 heavy (non-hydrogen) atoms. The summed E-state index contributed by atoms with van der Waals surface area (Å²) in [6.07, 6.45) is 2.62. The van der Waals surface area contributed by atoms with Crippen LogP contribution in [0.15, 0.2) is 22.2 Å². The van der Waals surface area contributed by atoms with Crippen molar-refractivity contribution in [1.29, 1.82) is 0 Å². The van der Waals surface area contributed by atoms with Gasteiger partial charge in [-0.15, -0.1) is 0 Å². The van der Waals surface area contributed by atoms with Crippen LogP contribution < -0.4 is 15.1 Å². The highest BCUT2D eigenvalue weighted by Gasteiger charge is 2.37. The van der Waals surface area contributed by atoms with Crippen molar-refractivity contribution < 1.29 is 19.7 Å². The third-order valence-corrected chi connectivity index (χ3v) is 9.04. The van der Waals surface area contributed by atoms with Gasteiger partial charge in [0.05, 0.1) is 23.4 Å². The van der Waals surface area contributed by atoms with Crippen LogP contribution in [0.1, 0.15) is 58.8 Å². The average Bonchev–Trinajstić information content (AvgIpc) is 2.84. The van der Waals surface area contributed by atoms with Gasteiger partial charge in [0.15, 0.2) is 5.82 Å². The van der Waals surface area contributed by atoms with Crippen molar-refractivity contribution in [2.75, 3.05) is 36.0 Å². The topological polar surface area (TPSA) is 124 Å². The number of hydrogen-bond acceptors (Lipinski definition) is 10. The Morgan fingerprint density at radius 3 is 2.51 bits per heavy atom. The second-order valence-corrected chi connectivity index (χ2v) is 13.1. The number of anilines is 2. The summed E-state index contributed by atoms with van der Waals surface area (Å²) in [5.74, 6) is 1.33. The van der Waals surface area contributed by atoms with Crippen molar-refractivity contribution in [3.05, 3.63) is 28.7 Å². The van der Waals surface area contributed by atoms with Crippen molar-refractivity contribution in [3.63, 3.8) is 0 Å². The number of nitrogens with zero attached hydrogens (tertiary/aromatic N) is 5. The molecule has 0 radical (unpaired) electrons. The predicted octanol–water partition coefficient (Wildman–Crippen LogP) is 4.18. The van der Waals surface area contributed by atoms with Crippen molar-refractivity contribution in [3.8, 4) is 0 Å². The summed E-state index contributed by atoms with van der Waals surface area (Å²) in [6.45, 7) is 13.9. The van der Waals surface area contributed by atoms with Crippen LogP contribution >= 0.6 is 23.4 Å². The van der Waals surface area contributed by atoms with Crippen molar-refractivity contribution in [1.82, 2.24) is 20.3 Å². The molecule has 0 aliphatic carbocycles. The number of alkyl carbamates (subject to hydrolysis) is 1. The lowest BCUT2D eigenvalue weighted by molar-refractivity contribution is 0.0442. The maximum Gasteiger partial charge on any atom is 0.407 e. The van der Waals surface area contributed by atoms with Crippen LogP contribution in [0.25, 0.3) is 0 Å². The smallest absolute Gasteiger partial charge is 0.407 e. The lowest BCUT2D eigenvalue weighted by atomic mass is 9.74. The molecule has 3 N–H and O–H groups in total.